The van der Waals surface area contributed by atoms with Gasteiger partial charge in [0.1, 0.15) is 5.82 Å². The van der Waals surface area contributed by atoms with Crippen molar-refractivity contribution < 1.29 is 14.1 Å². The van der Waals surface area contributed by atoms with Crippen LogP contribution in [-0.2, 0) is 11.2 Å². The van der Waals surface area contributed by atoms with Crippen molar-refractivity contribution in [1.29, 1.82) is 0 Å². The zero-order valence-electron chi connectivity index (χ0n) is 15.9. The summed E-state index contributed by atoms with van der Waals surface area (Å²) in [4.78, 5) is 22.6. The number of carbonyl (C=O) groups is 1. The molecule has 0 aliphatic carbocycles. The minimum atomic E-state index is -0.521. The van der Waals surface area contributed by atoms with Gasteiger partial charge in [-0.2, -0.15) is 5.10 Å². The van der Waals surface area contributed by atoms with E-state index in [1.807, 2.05) is 24.5 Å². The largest absolute Gasteiger partial charge is 0.318 e. The fourth-order valence-corrected chi connectivity index (χ4v) is 3.16. The molecule has 7 nitrogen and oxygen atoms in total. The summed E-state index contributed by atoms with van der Waals surface area (Å²) in [5.41, 5.74) is 5.78. The number of nitrogens with one attached hydrogen (secondary N) is 1. The lowest BCUT2D eigenvalue weighted by molar-refractivity contribution is -0.385. The molecular formula is C21H19FN4O3. The molecule has 0 atom stereocenters. The molecule has 3 aromatic rings. The summed E-state index contributed by atoms with van der Waals surface area (Å²) in [5, 5.41) is 15.0. The summed E-state index contributed by atoms with van der Waals surface area (Å²) in [7, 11) is 0. The molecule has 0 saturated carbocycles. The van der Waals surface area contributed by atoms with Crippen LogP contribution in [0.15, 0.2) is 59.7 Å². The molecule has 0 fully saturated rings. The number of halogens is 1. The molecule has 148 valence electrons. The smallest absolute Gasteiger partial charge is 0.273 e. The van der Waals surface area contributed by atoms with Gasteiger partial charge in [0.15, 0.2) is 0 Å². The average Bonchev–Trinajstić information content (AvgIpc) is 2.95. The first kappa shape index (κ1) is 19.9. The molecule has 0 spiro atoms. The van der Waals surface area contributed by atoms with Crippen LogP contribution < -0.4 is 5.43 Å². The van der Waals surface area contributed by atoms with E-state index in [9.17, 15) is 19.3 Å². The van der Waals surface area contributed by atoms with Gasteiger partial charge in [0.2, 0.25) is 5.91 Å². The molecule has 1 amide bonds. The van der Waals surface area contributed by atoms with Crippen molar-refractivity contribution in [3.8, 4) is 5.69 Å². The van der Waals surface area contributed by atoms with Gasteiger partial charge in [-0.05, 0) is 38.1 Å². The van der Waals surface area contributed by atoms with E-state index in [0.29, 0.717) is 11.3 Å². The van der Waals surface area contributed by atoms with Crippen molar-refractivity contribution in [3.05, 3.63) is 93.0 Å². The summed E-state index contributed by atoms with van der Waals surface area (Å²) in [6, 6.07) is 14.2. The predicted octanol–water partition coefficient (Wildman–Crippen LogP) is 3.83. The quantitative estimate of drug-likeness (QED) is 0.391. The third-order valence-electron chi connectivity index (χ3n) is 4.47. The van der Waals surface area contributed by atoms with E-state index in [4.69, 9.17) is 0 Å². The zero-order valence-corrected chi connectivity index (χ0v) is 15.9. The highest BCUT2D eigenvalue weighted by Gasteiger charge is 2.15. The standard InChI is InChI=1S/C21H19FN4O3/c1-14-10-17(15(2)25(14)19-8-5-7-18(22)12-19)13-23-24-21(27)11-16-6-3-4-9-20(16)26(28)29/h3-10,12-13H,11H2,1-2H3,(H,24,27)/b23-13-. The van der Waals surface area contributed by atoms with Gasteiger partial charge in [0.05, 0.1) is 17.6 Å². The van der Waals surface area contributed by atoms with E-state index < -0.39 is 10.8 Å². The van der Waals surface area contributed by atoms with Gasteiger partial charge < -0.3 is 4.57 Å². The number of aromatic nitrogens is 1. The Morgan fingerprint density at radius 3 is 2.69 bits per heavy atom. The molecule has 0 aliphatic heterocycles. The summed E-state index contributed by atoms with van der Waals surface area (Å²) in [5.74, 6) is -0.790. The second kappa shape index (κ2) is 8.47. The highest BCUT2D eigenvalue weighted by molar-refractivity contribution is 5.85. The first-order chi connectivity index (χ1) is 13.9. The van der Waals surface area contributed by atoms with Gasteiger partial charge in [-0.25, -0.2) is 9.82 Å². The second-order valence-electron chi connectivity index (χ2n) is 6.50. The van der Waals surface area contributed by atoms with E-state index in [-0.39, 0.29) is 17.9 Å². The molecule has 0 saturated heterocycles. The monoisotopic (exact) mass is 394 g/mol. The van der Waals surface area contributed by atoms with Crippen molar-refractivity contribution in [2.75, 3.05) is 0 Å². The average molecular weight is 394 g/mol. The molecule has 2 aromatic carbocycles. The number of amides is 1. The number of nitro groups is 1. The van der Waals surface area contributed by atoms with E-state index in [1.54, 1.807) is 24.3 Å². The topological polar surface area (TPSA) is 89.5 Å². The normalized spacial score (nSPS) is 11.0. The molecule has 29 heavy (non-hydrogen) atoms. The summed E-state index contributed by atoms with van der Waals surface area (Å²) in [6.07, 6.45) is 1.34. The van der Waals surface area contributed by atoms with Gasteiger partial charge in [0.25, 0.3) is 5.69 Å². The Morgan fingerprint density at radius 1 is 1.21 bits per heavy atom. The highest BCUT2D eigenvalue weighted by Crippen LogP contribution is 2.20. The Bertz CT molecular complexity index is 1110. The number of aryl methyl sites for hydroxylation is 1. The number of para-hydroxylation sites is 1. The molecule has 0 bridgehead atoms. The van der Waals surface area contributed by atoms with Gasteiger partial charge in [-0.1, -0.05) is 24.3 Å². The van der Waals surface area contributed by atoms with E-state index in [0.717, 1.165) is 17.0 Å². The van der Waals surface area contributed by atoms with Crippen molar-refractivity contribution in [3.63, 3.8) is 0 Å². The van der Waals surface area contributed by atoms with Gasteiger partial charge in [-0.15, -0.1) is 0 Å². The molecule has 1 heterocycles. The van der Waals surface area contributed by atoms with E-state index >= 15 is 0 Å². The number of hydrogen-bond acceptors (Lipinski definition) is 4. The van der Waals surface area contributed by atoms with Crippen LogP contribution in [0.2, 0.25) is 0 Å². The third kappa shape index (κ3) is 4.55. The highest BCUT2D eigenvalue weighted by atomic mass is 19.1. The molecule has 1 N–H and O–H groups in total. The van der Waals surface area contributed by atoms with Crippen molar-refractivity contribution in [1.82, 2.24) is 9.99 Å². The molecule has 0 aliphatic rings. The van der Waals surface area contributed by atoms with Crippen LogP contribution in [0, 0.1) is 29.8 Å². The molecular weight excluding hydrogens is 375 g/mol. The number of carbonyl (C=O) groups excluding carboxylic acids is 1. The van der Waals surface area contributed by atoms with E-state index in [1.165, 1.54) is 30.5 Å². The Morgan fingerprint density at radius 2 is 1.97 bits per heavy atom. The zero-order chi connectivity index (χ0) is 21.0. The van der Waals surface area contributed by atoms with Crippen molar-refractivity contribution >= 4 is 17.8 Å². The number of hydrazone groups is 1. The fraction of sp³-hybridized carbons (Fsp3) is 0.143. The maximum Gasteiger partial charge on any atom is 0.273 e. The van der Waals surface area contributed by atoms with Crippen LogP contribution >= 0.6 is 0 Å². The molecule has 0 radical (unpaired) electrons. The van der Waals surface area contributed by atoms with E-state index in [2.05, 4.69) is 10.5 Å². The SMILES string of the molecule is Cc1cc(/C=N\NC(=O)Cc2ccccc2[N+](=O)[O-])c(C)n1-c1cccc(F)c1. The Labute approximate surface area is 166 Å². The molecule has 1 aromatic heterocycles. The Balaban J connectivity index is 1.72. The lowest BCUT2D eigenvalue weighted by Gasteiger charge is -2.09. The van der Waals surface area contributed by atoms with Crippen molar-refractivity contribution in [2.24, 2.45) is 5.10 Å². The van der Waals surface area contributed by atoms with Crippen LogP contribution in [0.4, 0.5) is 10.1 Å². The van der Waals surface area contributed by atoms with Gasteiger partial charge in [0, 0.05) is 34.3 Å². The number of benzene rings is 2. The molecule has 0 unspecified atom stereocenters. The lowest BCUT2D eigenvalue weighted by Crippen LogP contribution is -2.20. The Kier molecular flexibility index (Phi) is 5.82. The molecule has 3 rings (SSSR count). The van der Waals surface area contributed by atoms with Crippen molar-refractivity contribution in [2.45, 2.75) is 20.3 Å². The summed E-state index contributed by atoms with van der Waals surface area (Å²) in [6.45, 7) is 3.76. The third-order valence-corrected chi connectivity index (χ3v) is 4.47. The van der Waals surface area contributed by atoms with Crippen LogP contribution in [0.3, 0.4) is 0 Å². The lowest BCUT2D eigenvalue weighted by atomic mass is 10.1. The first-order valence-electron chi connectivity index (χ1n) is 8.86. The van der Waals surface area contributed by atoms with Gasteiger partial charge in [-0.3, -0.25) is 14.9 Å². The van der Waals surface area contributed by atoms with Crippen LogP contribution in [0.1, 0.15) is 22.5 Å². The summed E-state index contributed by atoms with van der Waals surface area (Å²) < 4.78 is 15.4. The minimum Gasteiger partial charge on any atom is -0.318 e. The number of rotatable bonds is 6. The maximum atomic E-state index is 13.5. The number of nitrogens with zero attached hydrogens (tertiary/aromatic N) is 3. The van der Waals surface area contributed by atoms with Crippen LogP contribution in [0.25, 0.3) is 5.69 Å². The Hall–Kier alpha value is -3.81. The predicted molar refractivity (Wildman–Crippen MR) is 108 cm³/mol. The number of hydrogen-bond donors (Lipinski definition) is 1. The molecule has 8 heteroatoms. The summed E-state index contributed by atoms with van der Waals surface area (Å²) >= 11 is 0. The van der Waals surface area contributed by atoms with Crippen LogP contribution in [0.5, 0.6) is 0 Å². The van der Waals surface area contributed by atoms with Crippen LogP contribution in [-0.4, -0.2) is 21.6 Å². The fourth-order valence-electron chi connectivity index (χ4n) is 3.16. The first-order valence-corrected chi connectivity index (χ1v) is 8.86. The van der Waals surface area contributed by atoms with Gasteiger partial charge >= 0.3 is 0 Å². The second-order valence-corrected chi connectivity index (χ2v) is 6.50. The minimum absolute atomic E-state index is 0.106. The maximum absolute atomic E-state index is 13.5. The number of nitro benzene ring substituents is 1.